The number of hydrogen-bond donors (Lipinski definition) is 1. The summed E-state index contributed by atoms with van der Waals surface area (Å²) < 4.78 is 13.8. The van der Waals surface area contributed by atoms with Gasteiger partial charge in [-0.2, -0.15) is 0 Å². The minimum absolute atomic E-state index is 0.00431. The van der Waals surface area contributed by atoms with Crippen LogP contribution in [0.25, 0.3) is 0 Å². The predicted molar refractivity (Wildman–Crippen MR) is 86.9 cm³/mol. The van der Waals surface area contributed by atoms with E-state index >= 15 is 0 Å². The average molecular weight is 341 g/mol. The van der Waals surface area contributed by atoms with Gasteiger partial charge in [0.15, 0.2) is 0 Å². The fourth-order valence-corrected chi connectivity index (χ4v) is 3.78. The summed E-state index contributed by atoms with van der Waals surface area (Å²) in [6.07, 6.45) is 2.91. The summed E-state index contributed by atoms with van der Waals surface area (Å²) >= 11 is 5.99. The lowest BCUT2D eigenvalue weighted by Crippen LogP contribution is -2.46. The van der Waals surface area contributed by atoms with Gasteiger partial charge < -0.3 is 10.0 Å². The van der Waals surface area contributed by atoms with E-state index in [1.54, 1.807) is 11.0 Å². The maximum absolute atomic E-state index is 13.8. The first-order chi connectivity index (χ1) is 11.1. The van der Waals surface area contributed by atoms with Gasteiger partial charge in [0.25, 0.3) is 0 Å². The Bertz CT molecular complexity index is 557. The Balaban J connectivity index is 1.64. The Morgan fingerprint density at radius 3 is 2.70 bits per heavy atom. The minimum Gasteiger partial charge on any atom is -0.390 e. The Kier molecular flexibility index (Phi) is 5.19. The molecule has 2 fully saturated rings. The molecule has 3 rings (SSSR count). The second kappa shape index (κ2) is 7.16. The van der Waals surface area contributed by atoms with Crippen LogP contribution in [-0.4, -0.2) is 59.1 Å². The van der Waals surface area contributed by atoms with Crippen LogP contribution in [0, 0.1) is 5.82 Å². The number of piperidine rings is 1. The van der Waals surface area contributed by atoms with Gasteiger partial charge in [-0.05, 0) is 38.1 Å². The molecule has 0 aromatic heterocycles. The van der Waals surface area contributed by atoms with Crippen LogP contribution < -0.4 is 0 Å². The minimum atomic E-state index is -0.534. The zero-order valence-corrected chi connectivity index (χ0v) is 13.8. The summed E-state index contributed by atoms with van der Waals surface area (Å²) in [5.41, 5.74) is 0.232. The topological polar surface area (TPSA) is 43.8 Å². The summed E-state index contributed by atoms with van der Waals surface area (Å²) in [4.78, 5) is 16.4. The molecule has 4 nitrogen and oxygen atoms in total. The molecule has 0 bridgehead atoms. The van der Waals surface area contributed by atoms with Gasteiger partial charge in [0.05, 0.1) is 18.6 Å². The zero-order chi connectivity index (χ0) is 16.4. The summed E-state index contributed by atoms with van der Waals surface area (Å²) in [6, 6.07) is 4.42. The van der Waals surface area contributed by atoms with E-state index in [9.17, 15) is 14.3 Å². The normalized spacial score (nSPS) is 25.8. The van der Waals surface area contributed by atoms with Crippen LogP contribution in [0.5, 0.6) is 0 Å². The molecule has 2 saturated heterocycles. The number of aliphatic hydroxyl groups excluding tert-OH is 1. The highest BCUT2D eigenvalue weighted by Gasteiger charge is 2.38. The van der Waals surface area contributed by atoms with Crippen molar-refractivity contribution in [3.05, 3.63) is 34.6 Å². The van der Waals surface area contributed by atoms with E-state index in [1.165, 1.54) is 18.6 Å². The molecule has 2 heterocycles. The first-order valence-corrected chi connectivity index (χ1v) is 8.57. The van der Waals surface area contributed by atoms with Crippen LogP contribution in [0.1, 0.15) is 24.8 Å². The molecular formula is C17H22ClFN2O2. The number of carbonyl (C=O) groups excluding carboxylic acids is 1. The van der Waals surface area contributed by atoms with Crippen molar-refractivity contribution in [3.63, 3.8) is 0 Å². The smallest absolute Gasteiger partial charge is 0.227 e. The SMILES string of the molecule is O=C(Cc1c(F)cccc1Cl)N1CC(O)C(N2CCCCC2)C1. The van der Waals surface area contributed by atoms with Gasteiger partial charge in [0.1, 0.15) is 5.82 Å². The first-order valence-electron chi connectivity index (χ1n) is 8.19. The molecule has 1 N–H and O–H groups in total. The molecule has 2 aliphatic rings. The summed E-state index contributed by atoms with van der Waals surface area (Å²) in [6.45, 7) is 2.77. The Labute approximate surface area is 140 Å². The van der Waals surface area contributed by atoms with Crippen LogP contribution in [0.15, 0.2) is 18.2 Å². The van der Waals surface area contributed by atoms with Crippen molar-refractivity contribution in [1.82, 2.24) is 9.80 Å². The van der Waals surface area contributed by atoms with Gasteiger partial charge in [0.2, 0.25) is 5.91 Å². The molecule has 2 aliphatic heterocycles. The van der Waals surface area contributed by atoms with Gasteiger partial charge in [-0.3, -0.25) is 9.69 Å². The third-order valence-corrected chi connectivity index (χ3v) is 5.22. The molecule has 6 heteroatoms. The standard InChI is InChI=1S/C17H22ClFN2O2/c18-13-5-4-6-14(19)12(13)9-17(23)21-10-15(16(22)11-21)20-7-2-1-3-8-20/h4-6,15-16,22H,1-3,7-11H2. The lowest BCUT2D eigenvalue weighted by Gasteiger charge is -2.33. The molecule has 1 aromatic carbocycles. The van der Waals surface area contributed by atoms with Crippen LogP contribution in [0.3, 0.4) is 0 Å². The molecule has 1 amide bonds. The van der Waals surface area contributed by atoms with Crippen LogP contribution in [-0.2, 0) is 11.2 Å². The van der Waals surface area contributed by atoms with E-state index in [4.69, 9.17) is 11.6 Å². The van der Waals surface area contributed by atoms with Crippen molar-refractivity contribution in [1.29, 1.82) is 0 Å². The lowest BCUT2D eigenvalue weighted by molar-refractivity contribution is -0.129. The van der Waals surface area contributed by atoms with Gasteiger partial charge in [-0.15, -0.1) is 0 Å². The number of aliphatic hydroxyl groups is 1. The van der Waals surface area contributed by atoms with Crippen LogP contribution in [0.2, 0.25) is 5.02 Å². The van der Waals surface area contributed by atoms with Gasteiger partial charge in [0, 0.05) is 23.7 Å². The fraction of sp³-hybridized carbons (Fsp3) is 0.588. The highest BCUT2D eigenvalue weighted by molar-refractivity contribution is 6.31. The molecule has 0 aliphatic carbocycles. The summed E-state index contributed by atoms with van der Waals surface area (Å²) in [5, 5.41) is 10.6. The average Bonchev–Trinajstić information content (AvgIpc) is 2.94. The predicted octanol–water partition coefficient (Wildman–Crippen LogP) is 2.08. The summed E-state index contributed by atoms with van der Waals surface area (Å²) in [5.74, 6) is -0.645. The fourth-order valence-electron chi connectivity index (χ4n) is 3.55. The zero-order valence-electron chi connectivity index (χ0n) is 13.0. The first kappa shape index (κ1) is 16.7. The summed E-state index contributed by atoms with van der Waals surface area (Å²) in [7, 11) is 0. The third-order valence-electron chi connectivity index (χ3n) is 4.86. The second-order valence-corrected chi connectivity index (χ2v) is 6.81. The number of hydrogen-bond acceptors (Lipinski definition) is 3. The van der Waals surface area contributed by atoms with Gasteiger partial charge in [-0.25, -0.2) is 4.39 Å². The Morgan fingerprint density at radius 2 is 2.00 bits per heavy atom. The van der Waals surface area contributed by atoms with Crippen molar-refractivity contribution < 1.29 is 14.3 Å². The van der Waals surface area contributed by atoms with Crippen LogP contribution in [0.4, 0.5) is 4.39 Å². The number of nitrogens with zero attached hydrogens (tertiary/aromatic N) is 2. The molecule has 0 radical (unpaired) electrons. The number of amides is 1. The highest BCUT2D eigenvalue weighted by atomic mass is 35.5. The third kappa shape index (κ3) is 3.67. The molecule has 23 heavy (non-hydrogen) atoms. The molecule has 126 valence electrons. The van der Waals surface area contributed by atoms with Gasteiger partial charge >= 0.3 is 0 Å². The highest BCUT2D eigenvalue weighted by Crippen LogP contribution is 2.24. The largest absolute Gasteiger partial charge is 0.390 e. The van der Waals surface area contributed by atoms with Crippen molar-refractivity contribution in [3.8, 4) is 0 Å². The van der Waals surface area contributed by atoms with Gasteiger partial charge in [-0.1, -0.05) is 24.1 Å². The molecule has 2 atom stereocenters. The van der Waals surface area contributed by atoms with E-state index < -0.39 is 11.9 Å². The van der Waals surface area contributed by atoms with Crippen molar-refractivity contribution in [2.75, 3.05) is 26.2 Å². The number of benzene rings is 1. The Hall–Kier alpha value is -1.17. The van der Waals surface area contributed by atoms with Crippen molar-refractivity contribution in [2.45, 2.75) is 37.8 Å². The molecule has 1 aromatic rings. The molecular weight excluding hydrogens is 319 g/mol. The van der Waals surface area contributed by atoms with E-state index in [-0.39, 0.29) is 29.0 Å². The molecule has 0 spiro atoms. The number of β-amino-alcohol motifs (C(OH)–C–C–N with tert-alkyl or cyclic N) is 1. The number of likely N-dealkylation sites (tertiary alicyclic amines) is 2. The molecule has 2 unspecified atom stereocenters. The quantitative estimate of drug-likeness (QED) is 0.916. The van der Waals surface area contributed by atoms with E-state index in [0.29, 0.717) is 13.1 Å². The number of carbonyl (C=O) groups is 1. The number of halogens is 2. The van der Waals surface area contributed by atoms with Crippen molar-refractivity contribution in [2.24, 2.45) is 0 Å². The molecule has 0 saturated carbocycles. The van der Waals surface area contributed by atoms with E-state index in [0.717, 1.165) is 25.9 Å². The monoisotopic (exact) mass is 340 g/mol. The van der Waals surface area contributed by atoms with E-state index in [1.807, 2.05) is 0 Å². The maximum Gasteiger partial charge on any atom is 0.227 e. The van der Waals surface area contributed by atoms with Crippen molar-refractivity contribution >= 4 is 17.5 Å². The van der Waals surface area contributed by atoms with Crippen LogP contribution >= 0.6 is 11.6 Å². The second-order valence-electron chi connectivity index (χ2n) is 6.41. The number of rotatable bonds is 3. The lowest BCUT2D eigenvalue weighted by atomic mass is 10.1. The Morgan fingerprint density at radius 1 is 1.26 bits per heavy atom. The maximum atomic E-state index is 13.8. The van der Waals surface area contributed by atoms with E-state index in [2.05, 4.69) is 4.90 Å².